The maximum atomic E-state index is 10.3. The van der Waals surface area contributed by atoms with E-state index in [1.165, 1.54) is 4.80 Å². The third-order valence-electron chi connectivity index (χ3n) is 3.51. The van der Waals surface area contributed by atoms with E-state index in [9.17, 15) is 5.11 Å². The van der Waals surface area contributed by atoms with Crippen molar-refractivity contribution >= 4 is 22.1 Å². The highest BCUT2D eigenvalue weighted by Crippen LogP contribution is 2.11. The Hall–Kier alpha value is -2.80. The van der Waals surface area contributed by atoms with Crippen LogP contribution >= 0.6 is 0 Å². The molecule has 4 rings (SSSR count). The van der Waals surface area contributed by atoms with Gasteiger partial charge in [0.15, 0.2) is 0 Å². The van der Waals surface area contributed by atoms with Crippen molar-refractivity contribution < 1.29 is 5.11 Å². The first-order valence-corrected chi connectivity index (χ1v) is 7.06. The molecule has 0 aliphatic heterocycles. The van der Waals surface area contributed by atoms with Gasteiger partial charge in [-0.15, -0.1) is 5.10 Å². The van der Waals surface area contributed by atoms with E-state index in [4.69, 9.17) is 0 Å². The van der Waals surface area contributed by atoms with Crippen LogP contribution in [-0.4, -0.2) is 41.2 Å². The third kappa shape index (κ3) is 2.31. The Balaban J connectivity index is 1.53. The fourth-order valence-electron chi connectivity index (χ4n) is 2.48. The maximum absolute atomic E-state index is 10.3. The Kier molecular flexibility index (Phi) is 3.05. The quantitative estimate of drug-likeness (QED) is 0.612. The predicted octanol–water partition coefficient (Wildman–Crippen LogP) is 1.24. The van der Waals surface area contributed by atoms with E-state index in [0.717, 1.165) is 22.1 Å². The lowest BCUT2D eigenvalue weighted by Crippen LogP contribution is -2.24. The van der Waals surface area contributed by atoms with Gasteiger partial charge in [0, 0.05) is 0 Å². The Morgan fingerprint density at radius 1 is 0.864 bits per heavy atom. The highest BCUT2D eigenvalue weighted by Gasteiger charge is 2.12. The Morgan fingerprint density at radius 3 is 2.23 bits per heavy atom. The highest BCUT2D eigenvalue weighted by atomic mass is 16.3. The van der Waals surface area contributed by atoms with Crippen LogP contribution < -0.4 is 0 Å². The minimum absolute atomic E-state index is 0.308. The number of rotatable bonds is 4. The molecular weight excluding hydrogens is 280 g/mol. The van der Waals surface area contributed by atoms with Crippen molar-refractivity contribution in [3.05, 3.63) is 48.5 Å². The molecule has 0 amide bonds. The van der Waals surface area contributed by atoms with E-state index in [1.54, 1.807) is 4.68 Å². The average Bonchev–Trinajstić information content (AvgIpc) is 3.11. The summed E-state index contributed by atoms with van der Waals surface area (Å²) in [6, 6.07) is 15.3. The first-order chi connectivity index (χ1) is 10.8. The monoisotopic (exact) mass is 294 g/mol. The SMILES string of the molecule is OC(Cn1nc2ccccc2n1)Cn1nnc2ccccc21. The summed E-state index contributed by atoms with van der Waals surface area (Å²) in [5.41, 5.74) is 3.36. The topological polar surface area (TPSA) is 81.6 Å². The van der Waals surface area contributed by atoms with Gasteiger partial charge < -0.3 is 5.11 Å². The molecule has 2 heterocycles. The number of benzene rings is 2. The van der Waals surface area contributed by atoms with Crippen molar-refractivity contribution in [1.82, 2.24) is 30.0 Å². The second kappa shape index (κ2) is 5.19. The van der Waals surface area contributed by atoms with Gasteiger partial charge >= 0.3 is 0 Å². The van der Waals surface area contributed by atoms with Crippen molar-refractivity contribution in [2.45, 2.75) is 19.2 Å². The molecule has 0 aliphatic carbocycles. The first-order valence-electron chi connectivity index (χ1n) is 7.06. The molecular formula is C15H14N6O. The van der Waals surface area contributed by atoms with Gasteiger partial charge in [-0.3, -0.25) is 0 Å². The van der Waals surface area contributed by atoms with E-state index in [2.05, 4.69) is 20.5 Å². The zero-order valence-electron chi connectivity index (χ0n) is 11.7. The summed E-state index contributed by atoms with van der Waals surface area (Å²) >= 11 is 0. The van der Waals surface area contributed by atoms with Gasteiger partial charge in [0.05, 0.1) is 24.7 Å². The van der Waals surface area contributed by atoms with Crippen LogP contribution in [0.3, 0.4) is 0 Å². The summed E-state index contributed by atoms with van der Waals surface area (Å²) in [6.45, 7) is 0.654. The molecule has 0 spiro atoms. The number of aromatic nitrogens is 6. The van der Waals surface area contributed by atoms with Crippen molar-refractivity contribution in [1.29, 1.82) is 0 Å². The molecule has 2 aromatic heterocycles. The van der Waals surface area contributed by atoms with Crippen LogP contribution in [0.4, 0.5) is 0 Å². The van der Waals surface area contributed by atoms with E-state index in [-0.39, 0.29) is 0 Å². The molecule has 4 aromatic rings. The van der Waals surface area contributed by atoms with Gasteiger partial charge in [-0.1, -0.05) is 29.5 Å². The molecule has 0 saturated carbocycles. The molecule has 7 nitrogen and oxygen atoms in total. The molecule has 22 heavy (non-hydrogen) atoms. The summed E-state index contributed by atoms with van der Waals surface area (Å²) in [7, 11) is 0. The summed E-state index contributed by atoms with van der Waals surface area (Å²) in [5.74, 6) is 0. The fraction of sp³-hybridized carbons (Fsp3) is 0.200. The highest BCUT2D eigenvalue weighted by molar-refractivity contribution is 5.74. The lowest BCUT2D eigenvalue weighted by atomic mass is 10.3. The first kappa shape index (κ1) is 12.9. The van der Waals surface area contributed by atoms with E-state index >= 15 is 0 Å². The van der Waals surface area contributed by atoms with E-state index in [0.29, 0.717) is 13.1 Å². The van der Waals surface area contributed by atoms with Gasteiger partial charge in [-0.25, -0.2) is 4.68 Å². The Labute approximate surface area is 125 Å². The molecule has 0 aliphatic rings. The minimum Gasteiger partial charge on any atom is -0.389 e. The number of para-hydroxylation sites is 1. The molecule has 0 saturated heterocycles. The molecule has 0 bridgehead atoms. The van der Waals surface area contributed by atoms with E-state index < -0.39 is 6.10 Å². The lowest BCUT2D eigenvalue weighted by Gasteiger charge is -2.09. The number of aliphatic hydroxyl groups is 1. The Bertz CT molecular complexity index is 895. The number of hydrogen-bond donors (Lipinski definition) is 1. The standard InChI is InChI=1S/C15H14N6O/c22-11(9-20-15-8-4-3-7-14(15)16-19-20)10-21-17-12-5-1-2-6-13(12)18-21/h1-8,11,22H,9-10H2. The van der Waals surface area contributed by atoms with Crippen LogP contribution in [-0.2, 0) is 13.1 Å². The second-order valence-corrected chi connectivity index (χ2v) is 5.16. The van der Waals surface area contributed by atoms with Crippen molar-refractivity contribution in [2.24, 2.45) is 0 Å². The molecule has 0 fully saturated rings. The average molecular weight is 294 g/mol. The normalized spacial score (nSPS) is 13.0. The van der Waals surface area contributed by atoms with Crippen LogP contribution in [0.5, 0.6) is 0 Å². The van der Waals surface area contributed by atoms with Crippen LogP contribution in [0.25, 0.3) is 22.1 Å². The van der Waals surface area contributed by atoms with Crippen LogP contribution in [0.15, 0.2) is 48.5 Å². The van der Waals surface area contributed by atoms with Gasteiger partial charge in [0.25, 0.3) is 0 Å². The van der Waals surface area contributed by atoms with Gasteiger partial charge in [0.2, 0.25) is 0 Å². The number of fused-ring (bicyclic) bond motifs is 2. The van der Waals surface area contributed by atoms with Gasteiger partial charge in [-0.05, 0) is 24.3 Å². The summed E-state index contributed by atoms with van der Waals surface area (Å²) in [5, 5.41) is 27.1. The van der Waals surface area contributed by atoms with Crippen LogP contribution in [0.1, 0.15) is 0 Å². The zero-order valence-corrected chi connectivity index (χ0v) is 11.7. The molecule has 1 N–H and O–H groups in total. The number of hydrogen-bond acceptors (Lipinski definition) is 5. The molecule has 7 heteroatoms. The Morgan fingerprint density at radius 2 is 1.50 bits per heavy atom. The van der Waals surface area contributed by atoms with Crippen LogP contribution in [0.2, 0.25) is 0 Å². The fourth-order valence-corrected chi connectivity index (χ4v) is 2.48. The van der Waals surface area contributed by atoms with E-state index in [1.807, 2.05) is 48.5 Å². The molecule has 110 valence electrons. The molecule has 0 radical (unpaired) electrons. The molecule has 1 unspecified atom stereocenters. The zero-order chi connectivity index (χ0) is 14.9. The summed E-state index contributed by atoms with van der Waals surface area (Å²) < 4.78 is 1.70. The number of nitrogens with zero attached hydrogens (tertiary/aromatic N) is 6. The van der Waals surface area contributed by atoms with Crippen molar-refractivity contribution in [3.63, 3.8) is 0 Å². The summed E-state index contributed by atoms with van der Waals surface area (Å²) in [4.78, 5) is 1.52. The number of aliphatic hydroxyl groups excluding tert-OH is 1. The molecule has 2 aromatic carbocycles. The lowest BCUT2D eigenvalue weighted by molar-refractivity contribution is 0.122. The largest absolute Gasteiger partial charge is 0.389 e. The van der Waals surface area contributed by atoms with Gasteiger partial charge in [-0.2, -0.15) is 15.0 Å². The minimum atomic E-state index is -0.646. The van der Waals surface area contributed by atoms with Crippen LogP contribution in [0, 0.1) is 0 Å². The van der Waals surface area contributed by atoms with Crippen molar-refractivity contribution in [2.75, 3.05) is 0 Å². The predicted molar refractivity (Wildman–Crippen MR) is 81.1 cm³/mol. The smallest absolute Gasteiger partial charge is 0.113 e. The summed E-state index contributed by atoms with van der Waals surface area (Å²) in [6.07, 6.45) is -0.646. The second-order valence-electron chi connectivity index (χ2n) is 5.16. The van der Waals surface area contributed by atoms with Crippen molar-refractivity contribution in [3.8, 4) is 0 Å². The van der Waals surface area contributed by atoms with Gasteiger partial charge in [0.1, 0.15) is 16.6 Å². The third-order valence-corrected chi connectivity index (χ3v) is 3.51. The maximum Gasteiger partial charge on any atom is 0.113 e. The molecule has 1 atom stereocenters.